The van der Waals surface area contributed by atoms with Crippen LogP contribution in [0.4, 0.5) is 23.2 Å². The molecule has 0 radical (unpaired) electrons. The van der Waals surface area contributed by atoms with Crippen LogP contribution in [0.3, 0.4) is 0 Å². The van der Waals surface area contributed by atoms with Crippen LogP contribution in [0.25, 0.3) is 5.69 Å². The van der Waals surface area contributed by atoms with Gasteiger partial charge >= 0.3 is 6.18 Å². The van der Waals surface area contributed by atoms with Gasteiger partial charge in [0.1, 0.15) is 11.9 Å². The molecule has 1 saturated carbocycles. The zero-order chi connectivity index (χ0) is 27.1. The minimum Gasteiger partial charge on any atom is -0.321 e. The lowest BCUT2D eigenvalue weighted by Gasteiger charge is -2.19. The van der Waals surface area contributed by atoms with Gasteiger partial charge in [-0.1, -0.05) is 17.7 Å². The molecule has 1 aliphatic carbocycles. The lowest BCUT2D eigenvalue weighted by Crippen LogP contribution is -2.29. The molecule has 1 aliphatic rings. The molecule has 3 aromatic rings. The smallest absolute Gasteiger partial charge is 0.321 e. The van der Waals surface area contributed by atoms with Crippen molar-refractivity contribution in [3.8, 4) is 5.69 Å². The van der Waals surface area contributed by atoms with Crippen molar-refractivity contribution in [2.24, 2.45) is 0 Å². The van der Waals surface area contributed by atoms with E-state index in [1.807, 2.05) is 0 Å². The minimum atomic E-state index is -4.87. The third-order valence-electron chi connectivity index (χ3n) is 5.71. The van der Waals surface area contributed by atoms with E-state index in [-0.39, 0.29) is 23.7 Å². The Kier molecular flexibility index (Phi) is 7.36. The molecular formula is C22H22ClF4N5O4S. The number of anilines is 1. The maximum atomic E-state index is 13.8. The van der Waals surface area contributed by atoms with Crippen LogP contribution in [-0.2, 0) is 25.3 Å². The Bertz CT molecular complexity index is 1430. The number of hydrogen-bond donors (Lipinski definition) is 1. The Morgan fingerprint density at radius 3 is 2.59 bits per heavy atom. The zero-order valence-electron chi connectivity index (χ0n) is 19.6. The molecule has 1 atom stereocenters. The van der Waals surface area contributed by atoms with Crippen LogP contribution in [-0.4, -0.2) is 46.7 Å². The molecule has 1 aromatic carbocycles. The number of benzene rings is 1. The summed E-state index contributed by atoms with van der Waals surface area (Å²) in [5.74, 6) is -1.22. The first kappa shape index (κ1) is 27.1. The molecule has 1 N–H and O–H groups in total. The van der Waals surface area contributed by atoms with E-state index in [0.717, 1.165) is 23.8 Å². The number of amides is 1. The Hall–Kier alpha value is -2.97. The fourth-order valence-corrected chi connectivity index (χ4v) is 4.52. The van der Waals surface area contributed by atoms with E-state index >= 15 is 0 Å². The van der Waals surface area contributed by atoms with Crippen molar-refractivity contribution in [2.45, 2.75) is 44.3 Å². The number of alkyl halides is 3. The Balaban J connectivity index is 1.68. The molecule has 2 heterocycles. The van der Waals surface area contributed by atoms with Gasteiger partial charge in [0.15, 0.2) is 5.69 Å². The molecule has 1 amide bonds. The lowest BCUT2D eigenvalue weighted by molar-refractivity contribution is -0.141. The molecule has 0 spiro atoms. The fraction of sp³-hybridized carbons (Fsp3) is 0.409. The van der Waals surface area contributed by atoms with Crippen LogP contribution in [0.2, 0.25) is 5.02 Å². The molecule has 15 heteroatoms. The van der Waals surface area contributed by atoms with Gasteiger partial charge in [0.25, 0.3) is 10.1 Å². The number of halogens is 5. The van der Waals surface area contributed by atoms with Crippen molar-refractivity contribution < 1.29 is 35.0 Å². The minimum absolute atomic E-state index is 0.0331. The molecule has 37 heavy (non-hydrogen) atoms. The van der Waals surface area contributed by atoms with Gasteiger partial charge < -0.3 is 5.32 Å². The maximum absolute atomic E-state index is 13.8. The van der Waals surface area contributed by atoms with Gasteiger partial charge in [0, 0.05) is 12.3 Å². The van der Waals surface area contributed by atoms with Crippen molar-refractivity contribution >= 4 is 33.3 Å². The summed E-state index contributed by atoms with van der Waals surface area (Å²) in [7, 11) is -3.87. The van der Waals surface area contributed by atoms with E-state index < -0.39 is 51.4 Å². The predicted molar refractivity (Wildman–Crippen MR) is 126 cm³/mol. The van der Waals surface area contributed by atoms with E-state index in [1.165, 1.54) is 36.0 Å². The molecule has 9 nitrogen and oxygen atoms in total. The SMILES string of the molecule is Cc1c(Cl)c(C(F)(F)F)nn1C(CCOS(C)(=O)=O)C(=O)Nc1cnn(-c2cccc(F)c2)c1C1CC1. The van der Waals surface area contributed by atoms with E-state index in [0.29, 0.717) is 11.4 Å². The number of carbonyl (C=O) groups is 1. The predicted octanol–water partition coefficient (Wildman–Crippen LogP) is 4.61. The van der Waals surface area contributed by atoms with Crippen LogP contribution in [0.1, 0.15) is 48.3 Å². The molecule has 1 fully saturated rings. The average molecular weight is 564 g/mol. The monoisotopic (exact) mass is 563 g/mol. The van der Waals surface area contributed by atoms with Crippen molar-refractivity contribution in [1.29, 1.82) is 0 Å². The topological polar surface area (TPSA) is 108 Å². The number of nitrogens with one attached hydrogen (secondary N) is 1. The third kappa shape index (κ3) is 6.13. The van der Waals surface area contributed by atoms with Crippen LogP contribution in [0, 0.1) is 12.7 Å². The molecule has 0 bridgehead atoms. The van der Waals surface area contributed by atoms with Gasteiger partial charge in [-0.15, -0.1) is 0 Å². The highest BCUT2D eigenvalue weighted by molar-refractivity contribution is 7.85. The molecule has 1 unspecified atom stereocenters. The average Bonchev–Trinajstić information content (AvgIpc) is 3.47. The summed E-state index contributed by atoms with van der Waals surface area (Å²) >= 11 is 5.87. The zero-order valence-corrected chi connectivity index (χ0v) is 21.2. The van der Waals surface area contributed by atoms with Crippen molar-refractivity contribution in [1.82, 2.24) is 19.6 Å². The number of nitrogens with zero attached hydrogens (tertiary/aromatic N) is 4. The van der Waals surface area contributed by atoms with E-state index in [4.69, 9.17) is 15.8 Å². The summed E-state index contributed by atoms with van der Waals surface area (Å²) in [4.78, 5) is 13.4. The Labute approximate surface area is 214 Å². The molecule has 4 rings (SSSR count). The summed E-state index contributed by atoms with van der Waals surface area (Å²) in [6.45, 7) is 0.771. The quantitative estimate of drug-likeness (QED) is 0.301. The first-order valence-corrected chi connectivity index (χ1v) is 13.3. The Morgan fingerprint density at radius 2 is 2.03 bits per heavy atom. The summed E-state index contributed by atoms with van der Waals surface area (Å²) in [6, 6.07) is 4.32. The number of carbonyl (C=O) groups excluding carboxylic acids is 1. The van der Waals surface area contributed by atoms with Crippen molar-refractivity contribution in [2.75, 3.05) is 18.2 Å². The van der Waals surface area contributed by atoms with Gasteiger partial charge in [-0.25, -0.2) is 9.07 Å². The highest BCUT2D eigenvalue weighted by Crippen LogP contribution is 2.44. The van der Waals surface area contributed by atoms with Gasteiger partial charge in [0.05, 0.1) is 46.8 Å². The number of rotatable bonds is 9. The van der Waals surface area contributed by atoms with Gasteiger partial charge in [0.2, 0.25) is 5.91 Å². The second-order valence-electron chi connectivity index (χ2n) is 8.62. The van der Waals surface area contributed by atoms with Crippen molar-refractivity contribution in [3.05, 3.63) is 58.4 Å². The second-order valence-corrected chi connectivity index (χ2v) is 10.6. The first-order chi connectivity index (χ1) is 17.3. The summed E-state index contributed by atoms with van der Waals surface area (Å²) in [5.41, 5.74) is -0.170. The molecule has 2 aromatic heterocycles. The van der Waals surface area contributed by atoms with E-state index in [1.54, 1.807) is 6.07 Å². The molecule has 200 valence electrons. The number of aromatic nitrogens is 4. The van der Waals surface area contributed by atoms with Gasteiger partial charge in [-0.05, 0) is 38.0 Å². The molecular weight excluding hydrogens is 542 g/mol. The largest absolute Gasteiger partial charge is 0.436 e. The molecule has 0 saturated heterocycles. The normalized spacial score (nSPS) is 15.1. The highest BCUT2D eigenvalue weighted by Gasteiger charge is 2.40. The lowest BCUT2D eigenvalue weighted by atomic mass is 10.1. The van der Waals surface area contributed by atoms with E-state index in [2.05, 4.69) is 15.5 Å². The van der Waals surface area contributed by atoms with E-state index in [9.17, 15) is 30.8 Å². The fourth-order valence-electron chi connectivity index (χ4n) is 3.89. The van der Waals surface area contributed by atoms with Crippen LogP contribution in [0.5, 0.6) is 0 Å². The highest BCUT2D eigenvalue weighted by atomic mass is 35.5. The second kappa shape index (κ2) is 10.1. The van der Waals surface area contributed by atoms with Crippen LogP contribution in [0.15, 0.2) is 30.5 Å². The summed E-state index contributed by atoms with van der Waals surface area (Å²) in [5, 5.41) is 9.80. The maximum Gasteiger partial charge on any atom is 0.436 e. The van der Waals surface area contributed by atoms with Gasteiger partial charge in [-0.2, -0.15) is 31.8 Å². The van der Waals surface area contributed by atoms with Gasteiger partial charge in [-0.3, -0.25) is 13.7 Å². The number of hydrogen-bond acceptors (Lipinski definition) is 6. The molecule has 0 aliphatic heterocycles. The standard InChI is InChI=1S/C22H22ClF4N5O4S/c1-12-18(23)20(22(25,26)27)30-31(12)17(8-9-36-37(2,34)35)21(33)29-16-11-28-32(19(16)13-6-7-13)15-5-3-4-14(24)10-15/h3-5,10-11,13,17H,6-9H2,1-2H3,(H,29,33). The third-order valence-corrected chi connectivity index (χ3v) is 6.76. The summed E-state index contributed by atoms with van der Waals surface area (Å²) in [6.07, 6.45) is -1.42. The van der Waals surface area contributed by atoms with Crippen molar-refractivity contribution in [3.63, 3.8) is 0 Å². The van der Waals surface area contributed by atoms with Crippen LogP contribution >= 0.6 is 11.6 Å². The van der Waals surface area contributed by atoms with Crippen LogP contribution < -0.4 is 5.32 Å². The summed E-state index contributed by atoms with van der Waals surface area (Å²) < 4.78 is 83.8. The Morgan fingerprint density at radius 1 is 1.32 bits per heavy atom. The first-order valence-electron chi connectivity index (χ1n) is 11.1.